The monoisotopic (exact) mass is 485 g/mol. The van der Waals surface area contributed by atoms with E-state index in [0.29, 0.717) is 29.2 Å². The first-order valence-corrected chi connectivity index (χ1v) is 11.6. The lowest BCUT2D eigenvalue weighted by atomic mass is 9.90. The number of carbonyl (C=O) groups excluding carboxylic acids is 2. The molecule has 1 atom stereocenters. The van der Waals surface area contributed by atoms with Gasteiger partial charge in [0.25, 0.3) is 0 Å². The fourth-order valence-electron chi connectivity index (χ4n) is 4.19. The van der Waals surface area contributed by atoms with Gasteiger partial charge in [-0.3, -0.25) is 19.5 Å². The van der Waals surface area contributed by atoms with Crippen molar-refractivity contribution in [1.82, 2.24) is 4.90 Å². The summed E-state index contributed by atoms with van der Waals surface area (Å²) in [6.07, 6.45) is 0. The number of carboxylic acid groups (broad SMARTS) is 1. The molecule has 0 aliphatic carbocycles. The minimum Gasteiger partial charge on any atom is -0.480 e. The largest absolute Gasteiger partial charge is 0.480 e. The Labute approximate surface area is 209 Å². The van der Waals surface area contributed by atoms with E-state index in [4.69, 9.17) is 14.8 Å². The summed E-state index contributed by atoms with van der Waals surface area (Å²) >= 11 is 0. The highest BCUT2D eigenvalue weighted by molar-refractivity contribution is 6.24. The van der Waals surface area contributed by atoms with E-state index in [1.807, 2.05) is 54.6 Å². The van der Waals surface area contributed by atoms with Crippen LogP contribution in [0.5, 0.6) is 0 Å². The quantitative estimate of drug-likeness (QED) is 0.347. The Balaban J connectivity index is 1.68. The molecule has 8 nitrogen and oxygen atoms in total. The highest BCUT2D eigenvalue weighted by atomic mass is 16.5. The number of hydrogen-bond donors (Lipinski definition) is 2. The second kappa shape index (κ2) is 11.0. The van der Waals surface area contributed by atoms with Crippen molar-refractivity contribution in [1.29, 1.82) is 0 Å². The molecule has 3 aromatic rings. The summed E-state index contributed by atoms with van der Waals surface area (Å²) in [4.78, 5) is 42.8. The van der Waals surface area contributed by atoms with E-state index >= 15 is 0 Å². The molecule has 8 heteroatoms. The summed E-state index contributed by atoms with van der Waals surface area (Å²) in [7, 11) is 1.75. The zero-order valence-electron chi connectivity index (χ0n) is 20.1. The predicted molar refractivity (Wildman–Crippen MR) is 137 cm³/mol. The third kappa shape index (κ3) is 5.67. The van der Waals surface area contributed by atoms with Gasteiger partial charge in [-0.15, -0.1) is 0 Å². The molecule has 0 aromatic heterocycles. The molecule has 0 spiro atoms. The van der Waals surface area contributed by atoms with Gasteiger partial charge in [-0.2, -0.15) is 0 Å². The SMILES string of the molecule is CCOC(=O)c1ccc2c(c1)NC(=O)C2C(=Nc1ccc(CN(C)CC(=O)O)cc1)c1ccccc1. The number of aliphatic carboxylic acids is 1. The highest BCUT2D eigenvalue weighted by Crippen LogP contribution is 2.37. The number of nitrogens with one attached hydrogen (secondary N) is 1. The van der Waals surface area contributed by atoms with E-state index in [1.165, 1.54) is 0 Å². The second-order valence-electron chi connectivity index (χ2n) is 8.54. The third-order valence-electron chi connectivity index (χ3n) is 5.78. The number of amides is 1. The molecule has 184 valence electrons. The van der Waals surface area contributed by atoms with Crippen molar-refractivity contribution in [3.8, 4) is 0 Å². The number of carboxylic acids is 1. The highest BCUT2D eigenvalue weighted by Gasteiger charge is 2.36. The van der Waals surface area contributed by atoms with Gasteiger partial charge >= 0.3 is 11.9 Å². The summed E-state index contributed by atoms with van der Waals surface area (Å²) in [5.41, 5.74) is 4.70. The summed E-state index contributed by atoms with van der Waals surface area (Å²) < 4.78 is 5.08. The first-order valence-electron chi connectivity index (χ1n) is 11.6. The molecule has 1 aliphatic rings. The predicted octanol–water partition coefficient (Wildman–Crippen LogP) is 4.24. The van der Waals surface area contributed by atoms with Crippen molar-refractivity contribution in [3.05, 3.63) is 95.1 Å². The van der Waals surface area contributed by atoms with E-state index in [1.54, 1.807) is 37.1 Å². The maximum Gasteiger partial charge on any atom is 0.338 e. The number of likely N-dealkylation sites (N-methyl/N-ethyl adjacent to an activating group) is 1. The minimum absolute atomic E-state index is 0.0495. The van der Waals surface area contributed by atoms with Gasteiger partial charge in [-0.25, -0.2) is 4.79 Å². The molecule has 1 heterocycles. The lowest BCUT2D eigenvalue weighted by molar-refractivity contribution is -0.138. The van der Waals surface area contributed by atoms with Crippen molar-refractivity contribution in [2.45, 2.75) is 19.4 Å². The Kier molecular flexibility index (Phi) is 7.56. The number of nitrogens with zero attached hydrogens (tertiary/aromatic N) is 2. The van der Waals surface area contributed by atoms with E-state index < -0.39 is 17.9 Å². The van der Waals surface area contributed by atoms with Gasteiger partial charge in [0.2, 0.25) is 5.91 Å². The first kappa shape index (κ1) is 24.8. The fourth-order valence-corrected chi connectivity index (χ4v) is 4.19. The summed E-state index contributed by atoms with van der Waals surface area (Å²) in [5, 5.41) is 11.8. The Morgan fingerprint density at radius 2 is 1.75 bits per heavy atom. The van der Waals surface area contributed by atoms with Crippen LogP contribution in [0.15, 0.2) is 77.8 Å². The van der Waals surface area contributed by atoms with Crippen LogP contribution in [-0.4, -0.2) is 53.8 Å². The molecule has 1 amide bonds. The third-order valence-corrected chi connectivity index (χ3v) is 5.78. The number of carbonyl (C=O) groups is 3. The number of fused-ring (bicyclic) bond motifs is 1. The van der Waals surface area contributed by atoms with Gasteiger partial charge in [-0.05, 0) is 54.9 Å². The molecule has 1 aliphatic heterocycles. The minimum atomic E-state index is -0.879. The van der Waals surface area contributed by atoms with Gasteiger partial charge in [0.05, 0.1) is 30.1 Å². The van der Waals surface area contributed by atoms with Crippen LogP contribution in [-0.2, 0) is 20.9 Å². The zero-order chi connectivity index (χ0) is 25.7. The van der Waals surface area contributed by atoms with Crippen molar-refractivity contribution in [2.75, 3.05) is 25.5 Å². The maximum absolute atomic E-state index is 13.1. The van der Waals surface area contributed by atoms with Gasteiger partial charge in [0.15, 0.2) is 0 Å². The number of anilines is 1. The standard InChI is InChI=1S/C28H27N3O5/c1-3-36-28(35)20-11-14-22-23(15-20)30-27(34)25(22)26(19-7-5-4-6-8-19)29-21-12-9-18(10-13-21)16-31(2)17-24(32)33/h4-15,25H,3,16-17H2,1-2H3,(H,30,34)(H,32,33). The Morgan fingerprint density at radius 3 is 2.42 bits per heavy atom. The molecule has 0 fully saturated rings. The molecular weight excluding hydrogens is 458 g/mol. The average molecular weight is 486 g/mol. The number of ether oxygens (including phenoxy) is 1. The number of aliphatic imine (C=N–C) groups is 1. The van der Waals surface area contributed by atoms with Crippen LogP contribution in [0.3, 0.4) is 0 Å². The molecule has 0 radical (unpaired) electrons. The molecular formula is C28H27N3O5. The van der Waals surface area contributed by atoms with Crippen LogP contribution in [0.25, 0.3) is 0 Å². The lowest BCUT2D eigenvalue weighted by Gasteiger charge is -2.15. The smallest absolute Gasteiger partial charge is 0.338 e. The molecule has 2 N–H and O–H groups in total. The molecule has 1 unspecified atom stereocenters. The topological polar surface area (TPSA) is 108 Å². The van der Waals surface area contributed by atoms with E-state index in [2.05, 4.69) is 5.32 Å². The van der Waals surface area contributed by atoms with Crippen molar-refractivity contribution in [2.24, 2.45) is 4.99 Å². The fraction of sp³-hybridized carbons (Fsp3) is 0.214. The van der Waals surface area contributed by atoms with Crippen LogP contribution in [0.1, 0.15) is 39.9 Å². The van der Waals surface area contributed by atoms with E-state index in [9.17, 15) is 14.4 Å². The maximum atomic E-state index is 13.1. The Morgan fingerprint density at radius 1 is 1.03 bits per heavy atom. The van der Waals surface area contributed by atoms with Crippen LogP contribution in [0.2, 0.25) is 0 Å². The molecule has 0 bridgehead atoms. The lowest BCUT2D eigenvalue weighted by Crippen LogP contribution is -2.25. The van der Waals surface area contributed by atoms with Crippen LogP contribution >= 0.6 is 0 Å². The van der Waals surface area contributed by atoms with E-state index in [0.717, 1.165) is 16.7 Å². The van der Waals surface area contributed by atoms with Crippen molar-refractivity contribution in [3.63, 3.8) is 0 Å². The molecule has 0 saturated carbocycles. The van der Waals surface area contributed by atoms with Crippen molar-refractivity contribution < 1.29 is 24.2 Å². The summed E-state index contributed by atoms with van der Waals surface area (Å²) in [6, 6.07) is 22.1. The van der Waals surface area contributed by atoms with Crippen LogP contribution < -0.4 is 5.32 Å². The molecule has 36 heavy (non-hydrogen) atoms. The van der Waals surface area contributed by atoms with Gasteiger partial charge < -0.3 is 15.2 Å². The Hall–Kier alpha value is -4.30. The van der Waals surface area contributed by atoms with Crippen LogP contribution in [0.4, 0.5) is 11.4 Å². The molecule has 3 aromatic carbocycles. The summed E-state index contributed by atoms with van der Waals surface area (Å²) in [5.74, 6) is -2.19. The Bertz CT molecular complexity index is 1300. The second-order valence-corrected chi connectivity index (χ2v) is 8.54. The van der Waals surface area contributed by atoms with Gasteiger partial charge in [0.1, 0.15) is 5.92 Å². The molecule has 4 rings (SSSR count). The number of benzene rings is 3. The number of esters is 1. The average Bonchev–Trinajstić information content (AvgIpc) is 3.18. The number of hydrogen-bond acceptors (Lipinski definition) is 6. The van der Waals surface area contributed by atoms with Crippen LogP contribution in [0, 0.1) is 0 Å². The van der Waals surface area contributed by atoms with Gasteiger partial charge in [-0.1, -0.05) is 48.5 Å². The van der Waals surface area contributed by atoms with Crippen molar-refractivity contribution >= 4 is 34.9 Å². The zero-order valence-corrected chi connectivity index (χ0v) is 20.1. The number of rotatable bonds is 9. The first-order chi connectivity index (χ1) is 17.4. The normalized spacial score (nSPS) is 14.9. The summed E-state index contributed by atoms with van der Waals surface area (Å²) in [6.45, 7) is 2.45. The molecule has 0 saturated heterocycles. The van der Waals surface area contributed by atoms with Gasteiger partial charge in [0, 0.05) is 12.2 Å². The van der Waals surface area contributed by atoms with E-state index in [-0.39, 0.29) is 19.1 Å².